The Morgan fingerprint density at radius 2 is 1.04 bits per heavy atom. The number of nitrogens with zero attached hydrogens (tertiary/aromatic N) is 4. The molecule has 266 valence electrons. The minimum Gasteiger partial charge on any atom is -0.456 e. The van der Waals surface area contributed by atoms with Gasteiger partial charge in [-0.2, -0.15) is 0 Å². The Morgan fingerprint density at radius 1 is 0.421 bits per heavy atom. The Hall–Kier alpha value is -7.41. The molecule has 0 aliphatic heterocycles. The van der Waals surface area contributed by atoms with Crippen molar-refractivity contribution in [1.82, 2.24) is 19.5 Å². The normalized spacial score (nSPS) is 11.9. The average Bonchev–Trinajstić information content (AvgIpc) is 3.96. The third-order valence-corrected chi connectivity index (χ3v) is 12.3. The zero-order valence-electron chi connectivity index (χ0n) is 30.4. The van der Waals surface area contributed by atoms with Crippen LogP contribution in [0.15, 0.2) is 186 Å². The third-order valence-electron chi connectivity index (χ3n) is 11.1. The van der Waals surface area contributed by atoms with Crippen molar-refractivity contribution >= 4 is 75.3 Å². The number of para-hydroxylation sites is 1. The second-order valence-corrected chi connectivity index (χ2v) is 15.4. The summed E-state index contributed by atoms with van der Waals surface area (Å²) >= 11 is 1.86. The van der Waals surface area contributed by atoms with E-state index in [9.17, 15) is 0 Å². The molecule has 57 heavy (non-hydrogen) atoms. The summed E-state index contributed by atoms with van der Waals surface area (Å²) < 4.78 is 11.7. The van der Waals surface area contributed by atoms with E-state index in [1.54, 1.807) is 0 Å². The van der Waals surface area contributed by atoms with Gasteiger partial charge < -0.3 is 8.98 Å². The Kier molecular flexibility index (Phi) is 7.03. The summed E-state index contributed by atoms with van der Waals surface area (Å²) in [5.41, 5.74) is 10.1. The van der Waals surface area contributed by atoms with Crippen molar-refractivity contribution in [3.05, 3.63) is 182 Å². The second-order valence-electron chi connectivity index (χ2n) is 14.4. The van der Waals surface area contributed by atoms with Crippen molar-refractivity contribution in [3.8, 4) is 51.0 Å². The van der Waals surface area contributed by atoms with E-state index in [1.165, 1.54) is 42.0 Å². The van der Waals surface area contributed by atoms with E-state index in [2.05, 4.69) is 138 Å². The van der Waals surface area contributed by atoms with Crippen LogP contribution in [0.2, 0.25) is 0 Å². The van der Waals surface area contributed by atoms with Crippen LogP contribution in [0.25, 0.3) is 115 Å². The molecule has 0 fully saturated rings. The van der Waals surface area contributed by atoms with Gasteiger partial charge in [-0.1, -0.05) is 146 Å². The van der Waals surface area contributed by atoms with E-state index in [0.717, 1.165) is 55.4 Å². The summed E-state index contributed by atoms with van der Waals surface area (Å²) in [6.45, 7) is 0. The van der Waals surface area contributed by atoms with Gasteiger partial charge in [-0.15, -0.1) is 11.3 Å². The van der Waals surface area contributed by atoms with Crippen molar-refractivity contribution in [3.63, 3.8) is 0 Å². The first-order valence-electron chi connectivity index (χ1n) is 19.0. The maximum Gasteiger partial charge on any atom is 0.164 e. The summed E-state index contributed by atoms with van der Waals surface area (Å²) in [4.78, 5) is 15.3. The highest BCUT2D eigenvalue weighted by Crippen LogP contribution is 2.44. The smallest absolute Gasteiger partial charge is 0.164 e. The molecule has 0 bridgehead atoms. The summed E-state index contributed by atoms with van der Waals surface area (Å²) in [6, 6.07) is 63.6. The topological polar surface area (TPSA) is 56.7 Å². The first-order valence-corrected chi connectivity index (χ1v) is 19.8. The van der Waals surface area contributed by atoms with Gasteiger partial charge in [0.05, 0.1) is 15.7 Å². The predicted octanol–water partition coefficient (Wildman–Crippen LogP) is 13.9. The van der Waals surface area contributed by atoms with Crippen LogP contribution in [-0.4, -0.2) is 19.5 Å². The molecule has 0 aliphatic rings. The lowest BCUT2D eigenvalue weighted by Gasteiger charge is -2.10. The lowest BCUT2D eigenvalue weighted by atomic mass is 10.0. The van der Waals surface area contributed by atoms with Gasteiger partial charge in [0.2, 0.25) is 0 Å². The molecule has 12 rings (SSSR count). The van der Waals surface area contributed by atoms with Crippen LogP contribution in [0.1, 0.15) is 0 Å². The molecule has 0 unspecified atom stereocenters. The highest BCUT2D eigenvalue weighted by molar-refractivity contribution is 7.26. The Balaban J connectivity index is 1.04. The van der Waals surface area contributed by atoms with Crippen LogP contribution in [0, 0.1) is 0 Å². The highest BCUT2D eigenvalue weighted by Gasteiger charge is 2.21. The van der Waals surface area contributed by atoms with E-state index in [-0.39, 0.29) is 0 Å². The SMILES string of the molecule is c1ccc(-c2ccc(-c3nc(-c4ccccc4)nc(-c4cccc5oc6cc(-n7c8ccccc8c8ccc9c%10ccccc%10sc9c87)ccc6c45)n3)cc2)cc1. The van der Waals surface area contributed by atoms with Gasteiger partial charge in [-0.3, -0.25) is 0 Å². The lowest BCUT2D eigenvalue weighted by molar-refractivity contribution is 0.668. The van der Waals surface area contributed by atoms with E-state index in [4.69, 9.17) is 19.4 Å². The van der Waals surface area contributed by atoms with Crippen LogP contribution < -0.4 is 0 Å². The van der Waals surface area contributed by atoms with Gasteiger partial charge in [0, 0.05) is 65.5 Å². The number of fused-ring (bicyclic) bond motifs is 10. The number of hydrogen-bond donors (Lipinski definition) is 0. The number of hydrogen-bond acceptors (Lipinski definition) is 5. The van der Waals surface area contributed by atoms with Gasteiger partial charge in [0.15, 0.2) is 17.5 Å². The fourth-order valence-electron chi connectivity index (χ4n) is 8.42. The molecule has 6 heteroatoms. The first-order chi connectivity index (χ1) is 28.2. The number of furan rings is 1. The van der Waals surface area contributed by atoms with E-state index in [0.29, 0.717) is 17.5 Å². The average molecular weight is 747 g/mol. The zero-order chi connectivity index (χ0) is 37.5. The summed E-state index contributed by atoms with van der Waals surface area (Å²) in [6.07, 6.45) is 0. The molecule has 0 amide bonds. The van der Waals surface area contributed by atoms with E-state index < -0.39 is 0 Å². The first kappa shape index (κ1) is 31.9. The van der Waals surface area contributed by atoms with Crippen molar-refractivity contribution in [2.75, 3.05) is 0 Å². The van der Waals surface area contributed by atoms with Crippen molar-refractivity contribution in [1.29, 1.82) is 0 Å². The van der Waals surface area contributed by atoms with Gasteiger partial charge in [0.25, 0.3) is 0 Å². The number of thiophene rings is 1. The number of aromatic nitrogens is 4. The summed E-state index contributed by atoms with van der Waals surface area (Å²) in [5, 5.41) is 7.02. The Morgan fingerprint density at radius 3 is 1.84 bits per heavy atom. The largest absolute Gasteiger partial charge is 0.456 e. The standard InChI is InChI=1S/C51H30N4OS/c1-3-12-31(13-4-1)32-22-24-34(25-23-32)50-52-49(33-14-5-2-6-15-33)53-51(54-50)41-18-11-20-43-46(41)40-27-26-35(30-44(40)56-43)55-42-19-9-7-16-36(42)38-28-29-39-37-17-8-10-21-45(37)57-48(39)47(38)55/h1-30H. The maximum absolute atomic E-state index is 6.72. The zero-order valence-corrected chi connectivity index (χ0v) is 31.2. The van der Waals surface area contributed by atoms with Crippen LogP contribution in [0.3, 0.4) is 0 Å². The Labute approximate surface area is 330 Å². The number of benzene rings is 8. The van der Waals surface area contributed by atoms with Crippen molar-refractivity contribution in [2.45, 2.75) is 0 Å². The van der Waals surface area contributed by atoms with Gasteiger partial charge in [0.1, 0.15) is 11.2 Å². The van der Waals surface area contributed by atoms with Crippen molar-refractivity contribution in [2.24, 2.45) is 0 Å². The monoisotopic (exact) mass is 746 g/mol. The Bertz CT molecular complexity index is 3510. The van der Waals surface area contributed by atoms with Gasteiger partial charge in [-0.25, -0.2) is 15.0 Å². The molecule has 0 aliphatic carbocycles. The molecule has 12 aromatic rings. The molecule has 8 aromatic carbocycles. The molecule has 0 saturated heterocycles. The molecule has 4 aromatic heterocycles. The van der Waals surface area contributed by atoms with E-state index in [1.807, 2.05) is 59.9 Å². The molecule has 5 nitrogen and oxygen atoms in total. The fourth-order valence-corrected chi connectivity index (χ4v) is 9.66. The minimum atomic E-state index is 0.595. The molecule has 0 spiro atoms. The molecule has 0 radical (unpaired) electrons. The van der Waals surface area contributed by atoms with E-state index >= 15 is 0 Å². The maximum atomic E-state index is 6.72. The van der Waals surface area contributed by atoms with Gasteiger partial charge in [-0.05, 0) is 41.5 Å². The molecular weight excluding hydrogens is 717 g/mol. The lowest BCUT2D eigenvalue weighted by Crippen LogP contribution is -2.00. The summed E-state index contributed by atoms with van der Waals surface area (Å²) in [5.74, 6) is 1.83. The van der Waals surface area contributed by atoms with Gasteiger partial charge >= 0.3 is 0 Å². The predicted molar refractivity (Wildman–Crippen MR) is 236 cm³/mol. The number of rotatable bonds is 5. The molecular formula is C51H30N4OS. The molecule has 0 atom stereocenters. The molecule has 0 saturated carbocycles. The van der Waals surface area contributed by atoms with Crippen LogP contribution >= 0.6 is 11.3 Å². The van der Waals surface area contributed by atoms with Crippen molar-refractivity contribution < 1.29 is 4.42 Å². The summed E-state index contributed by atoms with van der Waals surface area (Å²) in [7, 11) is 0. The quantitative estimate of drug-likeness (QED) is 0.176. The molecule has 0 N–H and O–H groups in total. The highest BCUT2D eigenvalue weighted by atomic mass is 32.1. The van der Waals surface area contributed by atoms with Crippen LogP contribution in [0.5, 0.6) is 0 Å². The minimum absolute atomic E-state index is 0.595. The van der Waals surface area contributed by atoms with Crippen LogP contribution in [-0.2, 0) is 0 Å². The third kappa shape index (κ3) is 5.04. The molecule has 4 heterocycles. The van der Waals surface area contributed by atoms with Crippen LogP contribution in [0.4, 0.5) is 0 Å². The fraction of sp³-hybridized carbons (Fsp3) is 0. The second kappa shape index (κ2) is 12.6.